The Balaban J connectivity index is 1.66. The molecular weight excluding hydrogens is 371 g/mol. The summed E-state index contributed by atoms with van der Waals surface area (Å²) in [6.45, 7) is 2.07. The monoisotopic (exact) mass is 390 g/mol. The molecular formula is C23H19FN2OS. The number of aromatic amines is 1. The second-order valence-corrected chi connectivity index (χ2v) is 7.60. The summed E-state index contributed by atoms with van der Waals surface area (Å²) in [6.07, 6.45) is 0.159. The molecule has 0 atom stereocenters. The van der Waals surface area contributed by atoms with Crippen LogP contribution in [0, 0.1) is 12.7 Å². The van der Waals surface area contributed by atoms with Crippen molar-refractivity contribution in [3.8, 4) is 0 Å². The van der Waals surface area contributed by atoms with Crippen LogP contribution in [0.5, 0.6) is 0 Å². The SMILES string of the molecule is Cc1ccccc1Sc1[nH]c2ccccc2c1CC(=O)Nc1ccccc1F. The van der Waals surface area contributed by atoms with E-state index >= 15 is 0 Å². The molecule has 0 aliphatic carbocycles. The standard InChI is InChI=1S/C23H19FN2OS/c1-15-8-2-7-13-21(15)28-23-17(16-9-3-5-11-19(16)26-23)14-22(27)25-20-12-6-4-10-18(20)24/h2-13,26H,14H2,1H3,(H,25,27). The Morgan fingerprint density at radius 2 is 1.71 bits per heavy atom. The number of anilines is 1. The highest BCUT2D eigenvalue weighted by molar-refractivity contribution is 7.99. The highest BCUT2D eigenvalue weighted by atomic mass is 32.2. The van der Waals surface area contributed by atoms with Crippen LogP contribution in [0.15, 0.2) is 82.7 Å². The van der Waals surface area contributed by atoms with Gasteiger partial charge in [0, 0.05) is 21.4 Å². The van der Waals surface area contributed by atoms with Gasteiger partial charge in [-0.1, -0.05) is 60.3 Å². The van der Waals surface area contributed by atoms with E-state index in [1.54, 1.807) is 30.0 Å². The van der Waals surface area contributed by atoms with Gasteiger partial charge in [-0.05, 0) is 36.8 Å². The summed E-state index contributed by atoms with van der Waals surface area (Å²) >= 11 is 1.61. The molecule has 0 unspecified atom stereocenters. The number of aromatic nitrogens is 1. The van der Waals surface area contributed by atoms with E-state index in [-0.39, 0.29) is 18.0 Å². The molecule has 140 valence electrons. The number of amides is 1. The molecule has 3 nitrogen and oxygen atoms in total. The van der Waals surface area contributed by atoms with Gasteiger partial charge in [0.1, 0.15) is 5.82 Å². The second kappa shape index (κ2) is 7.90. The van der Waals surface area contributed by atoms with E-state index in [1.165, 1.54) is 11.6 Å². The van der Waals surface area contributed by atoms with Crippen LogP contribution in [0.4, 0.5) is 10.1 Å². The average Bonchev–Trinajstić information content (AvgIpc) is 3.03. The predicted molar refractivity (Wildman–Crippen MR) is 112 cm³/mol. The van der Waals surface area contributed by atoms with E-state index in [4.69, 9.17) is 0 Å². The van der Waals surface area contributed by atoms with Crippen LogP contribution in [0.25, 0.3) is 10.9 Å². The maximum atomic E-state index is 13.9. The summed E-state index contributed by atoms with van der Waals surface area (Å²) in [6, 6.07) is 22.2. The van der Waals surface area contributed by atoms with Crippen LogP contribution in [0.3, 0.4) is 0 Å². The van der Waals surface area contributed by atoms with Gasteiger partial charge in [-0.25, -0.2) is 4.39 Å². The van der Waals surface area contributed by atoms with Gasteiger partial charge in [-0.3, -0.25) is 4.79 Å². The van der Waals surface area contributed by atoms with Gasteiger partial charge >= 0.3 is 0 Å². The van der Waals surface area contributed by atoms with Crippen LogP contribution >= 0.6 is 11.8 Å². The molecule has 0 radical (unpaired) electrons. The number of para-hydroxylation sites is 2. The molecule has 0 aliphatic heterocycles. The number of halogens is 1. The van der Waals surface area contributed by atoms with E-state index in [0.29, 0.717) is 0 Å². The van der Waals surface area contributed by atoms with Gasteiger partial charge in [-0.15, -0.1) is 0 Å². The Kier molecular flexibility index (Phi) is 5.17. The zero-order valence-corrected chi connectivity index (χ0v) is 16.1. The number of nitrogens with one attached hydrogen (secondary N) is 2. The third-order valence-corrected chi connectivity index (χ3v) is 5.80. The van der Waals surface area contributed by atoms with Gasteiger partial charge in [-0.2, -0.15) is 0 Å². The predicted octanol–water partition coefficient (Wildman–Crippen LogP) is 5.95. The summed E-state index contributed by atoms with van der Waals surface area (Å²) in [7, 11) is 0. The smallest absolute Gasteiger partial charge is 0.228 e. The van der Waals surface area contributed by atoms with Crippen LogP contribution in [0.2, 0.25) is 0 Å². The average molecular weight is 390 g/mol. The highest BCUT2D eigenvalue weighted by Gasteiger charge is 2.17. The molecule has 0 aliphatic rings. The van der Waals surface area contributed by atoms with Crippen LogP contribution in [-0.2, 0) is 11.2 Å². The fraction of sp³-hybridized carbons (Fsp3) is 0.0870. The number of benzene rings is 3. The summed E-state index contributed by atoms with van der Waals surface area (Å²) in [5.41, 5.74) is 3.26. The molecule has 1 amide bonds. The summed E-state index contributed by atoms with van der Waals surface area (Å²) < 4.78 is 13.9. The summed E-state index contributed by atoms with van der Waals surface area (Å²) in [5, 5.41) is 4.61. The summed E-state index contributed by atoms with van der Waals surface area (Å²) in [5.74, 6) is -0.689. The Morgan fingerprint density at radius 1 is 1.00 bits per heavy atom. The van der Waals surface area contributed by atoms with Crippen LogP contribution in [-0.4, -0.2) is 10.9 Å². The fourth-order valence-corrected chi connectivity index (χ4v) is 4.20. The van der Waals surface area contributed by atoms with Crippen LogP contribution in [0.1, 0.15) is 11.1 Å². The van der Waals surface area contributed by atoms with Gasteiger partial charge in [0.2, 0.25) is 5.91 Å². The van der Waals surface area contributed by atoms with Crippen molar-refractivity contribution in [3.05, 3.63) is 89.7 Å². The molecule has 3 aromatic carbocycles. The van der Waals surface area contributed by atoms with E-state index in [2.05, 4.69) is 29.4 Å². The van der Waals surface area contributed by atoms with E-state index in [9.17, 15) is 9.18 Å². The van der Waals surface area contributed by atoms with Crippen molar-refractivity contribution in [1.82, 2.24) is 4.98 Å². The molecule has 0 fully saturated rings. The maximum Gasteiger partial charge on any atom is 0.228 e. The van der Waals surface area contributed by atoms with Gasteiger partial charge in [0.05, 0.1) is 17.1 Å². The van der Waals surface area contributed by atoms with Crippen molar-refractivity contribution in [1.29, 1.82) is 0 Å². The van der Waals surface area contributed by atoms with Gasteiger partial charge < -0.3 is 10.3 Å². The van der Waals surface area contributed by atoms with Crippen molar-refractivity contribution in [2.24, 2.45) is 0 Å². The molecule has 1 aromatic heterocycles. The topological polar surface area (TPSA) is 44.9 Å². The number of hydrogen-bond acceptors (Lipinski definition) is 2. The first-order valence-corrected chi connectivity index (χ1v) is 9.81. The van der Waals surface area contributed by atoms with Crippen molar-refractivity contribution in [2.75, 3.05) is 5.32 Å². The fourth-order valence-electron chi connectivity index (χ4n) is 3.14. The lowest BCUT2D eigenvalue weighted by Gasteiger charge is -2.09. The Bertz CT molecular complexity index is 1150. The second-order valence-electron chi connectivity index (χ2n) is 6.55. The first-order chi connectivity index (χ1) is 13.6. The minimum absolute atomic E-state index is 0.159. The lowest BCUT2D eigenvalue weighted by molar-refractivity contribution is -0.115. The number of hydrogen-bond donors (Lipinski definition) is 2. The Hall–Kier alpha value is -3.05. The van der Waals surface area contributed by atoms with Crippen molar-refractivity contribution in [3.63, 3.8) is 0 Å². The third-order valence-electron chi connectivity index (χ3n) is 4.57. The van der Waals surface area contributed by atoms with Crippen LogP contribution < -0.4 is 5.32 Å². The molecule has 0 saturated carbocycles. The number of H-pyrrole nitrogens is 1. The number of carbonyl (C=O) groups is 1. The zero-order valence-electron chi connectivity index (χ0n) is 15.3. The maximum absolute atomic E-state index is 13.9. The first kappa shape index (κ1) is 18.3. The number of aryl methyl sites for hydroxylation is 1. The van der Waals surface area contributed by atoms with E-state index in [1.807, 2.05) is 36.4 Å². The first-order valence-electron chi connectivity index (χ1n) is 8.99. The Morgan fingerprint density at radius 3 is 2.54 bits per heavy atom. The third kappa shape index (κ3) is 3.80. The number of carbonyl (C=O) groups excluding carboxylic acids is 1. The van der Waals surface area contributed by atoms with E-state index < -0.39 is 5.82 Å². The molecule has 1 heterocycles. The minimum Gasteiger partial charge on any atom is -0.349 e. The normalized spacial score (nSPS) is 10.9. The van der Waals surface area contributed by atoms with E-state index in [0.717, 1.165) is 26.4 Å². The largest absolute Gasteiger partial charge is 0.349 e. The number of rotatable bonds is 5. The molecule has 2 N–H and O–H groups in total. The molecule has 4 aromatic rings. The zero-order chi connectivity index (χ0) is 19.5. The molecule has 4 rings (SSSR count). The minimum atomic E-state index is -0.440. The van der Waals surface area contributed by atoms with Crippen molar-refractivity contribution in [2.45, 2.75) is 23.3 Å². The highest BCUT2D eigenvalue weighted by Crippen LogP contribution is 2.36. The lowest BCUT2D eigenvalue weighted by atomic mass is 10.1. The quantitative estimate of drug-likeness (QED) is 0.442. The molecule has 0 saturated heterocycles. The summed E-state index contributed by atoms with van der Waals surface area (Å²) in [4.78, 5) is 17.2. The van der Waals surface area contributed by atoms with Crippen molar-refractivity contribution < 1.29 is 9.18 Å². The van der Waals surface area contributed by atoms with Crippen molar-refractivity contribution >= 4 is 34.3 Å². The van der Waals surface area contributed by atoms with Gasteiger partial charge in [0.25, 0.3) is 0 Å². The lowest BCUT2D eigenvalue weighted by Crippen LogP contribution is -2.15. The molecule has 5 heteroatoms. The number of fused-ring (bicyclic) bond motifs is 1. The van der Waals surface area contributed by atoms with Gasteiger partial charge in [0.15, 0.2) is 0 Å². The molecule has 28 heavy (non-hydrogen) atoms. The molecule has 0 spiro atoms. The molecule has 0 bridgehead atoms. The Labute approximate surface area is 167 Å².